The van der Waals surface area contributed by atoms with Crippen LogP contribution in [-0.4, -0.2) is 34.6 Å². The van der Waals surface area contributed by atoms with Gasteiger partial charge in [-0.1, -0.05) is 12.1 Å². The number of pyridine rings is 1. The average Bonchev–Trinajstić information content (AvgIpc) is 2.56. The highest BCUT2D eigenvalue weighted by atomic mass is 32.2. The molecule has 0 saturated carbocycles. The lowest BCUT2D eigenvalue weighted by atomic mass is 10.1. The Labute approximate surface area is 149 Å². The van der Waals surface area contributed by atoms with Crippen molar-refractivity contribution in [3.8, 4) is 0 Å². The van der Waals surface area contributed by atoms with Gasteiger partial charge in [0.25, 0.3) is 5.56 Å². The van der Waals surface area contributed by atoms with E-state index in [4.69, 9.17) is 0 Å². The van der Waals surface area contributed by atoms with Crippen molar-refractivity contribution in [3.63, 3.8) is 0 Å². The summed E-state index contributed by atoms with van der Waals surface area (Å²) in [4.78, 5) is 20.0. The second-order valence-corrected chi connectivity index (χ2v) is 7.54. The van der Waals surface area contributed by atoms with Crippen LogP contribution in [0.3, 0.4) is 0 Å². The Morgan fingerprint density at radius 3 is 2.73 bits per heavy atom. The van der Waals surface area contributed by atoms with Gasteiger partial charge in [-0.2, -0.15) is 0 Å². The van der Waals surface area contributed by atoms with E-state index in [1.165, 1.54) is 12.4 Å². The molecule has 1 aromatic carbocycles. The predicted octanol–water partition coefficient (Wildman–Crippen LogP) is 1.32. The molecule has 0 saturated heterocycles. The zero-order chi connectivity index (χ0) is 18.9. The van der Waals surface area contributed by atoms with Crippen LogP contribution in [0.5, 0.6) is 0 Å². The Bertz CT molecular complexity index is 1140. The fourth-order valence-corrected chi connectivity index (χ4v) is 3.15. The van der Waals surface area contributed by atoms with Crippen LogP contribution >= 0.6 is 0 Å². The largest absolute Gasteiger partial charge is 0.423 e. The number of rotatable bonds is 5. The van der Waals surface area contributed by atoms with Gasteiger partial charge in [0.15, 0.2) is 5.65 Å². The first kappa shape index (κ1) is 17.7. The summed E-state index contributed by atoms with van der Waals surface area (Å²) in [5.74, 6) is 0. The van der Waals surface area contributed by atoms with E-state index in [1.807, 2.05) is 6.07 Å². The lowest BCUT2D eigenvalue weighted by Crippen LogP contribution is -2.20. The zero-order valence-corrected chi connectivity index (χ0v) is 14.9. The maximum absolute atomic E-state index is 11.9. The normalized spacial score (nSPS) is 11.5. The van der Waals surface area contributed by atoms with E-state index in [2.05, 4.69) is 20.0 Å². The summed E-state index contributed by atoms with van der Waals surface area (Å²) in [6, 6.07) is 8.14. The lowest BCUT2D eigenvalue weighted by Gasteiger charge is -2.13. The third-order valence-electron chi connectivity index (χ3n) is 3.68. The molecule has 10 heteroatoms. The molecule has 0 unspecified atom stereocenters. The Kier molecular flexibility index (Phi) is 4.51. The van der Waals surface area contributed by atoms with E-state index in [-0.39, 0.29) is 5.65 Å². The number of anilines is 2. The van der Waals surface area contributed by atoms with Crippen molar-refractivity contribution in [3.05, 3.63) is 58.3 Å². The van der Waals surface area contributed by atoms with E-state index in [1.54, 1.807) is 25.1 Å². The molecule has 136 valence electrons. The molecule has 0 spiro atoms. The van der Waals surface area contributed by atoms with Crippen molar-refractivity contribution in [2.75, 3.05) is 16.3 Å². The minimum absolute atomic E-state index is 0.111. The van der Waals surface area contributed by atoms with Crippen LogP contribution in [-0.2, 0) is 16.6 Å². The maximum atomic E-state index is 11.9. The first-order valence-electron chi connectivity index (χ1n) is 7.62. The standard InChI is InChI=1S/C16H17N5O4S/c1-10-15-13(7-14(22)21(23)16(15)19-9-18-10)17-8-11-4-3-5-12(6-11)20-26(2,24)25/h3-7,9,17,20,23H,8H2,1-2H3. The van der Waals surface area contributed by atoms with Gasteiger partial charge in [-0.05, 0) is 24.6 Å². The third-order valence-corrected chi connectivity index (χ3v) is 4.28. The van der Waals surface area contributed by atoms with Crippen LogP contribution in [0.2, 0.25) is 0 Å². The van der Waals surface area contributed by atoms with Gasteiger partial charge in [-0.3, -0.25) is 9.52 Å². The van der Waals surface area contributed by atoms with E-state index < -0.39 is 15.6 Å². The molecule has 9 nitrogen and oxygen atoms in total. The summed E-state index contributed by atoms with van der Waals surface area (Å²) in [5, 5.41) is 13.5. The summed E-state index contributed by atoms with van der Waals surface area (Å²) in [7, 11) is -3.36. The minimum Gasteiger partial charge on any atom is -0.423 e. The summed E-state index contributed by atoms with van der Waals surface area (Å²) < 4.78 is 25.6. The summed E-state index contributed by atoms with van der Waals surface area (Å²) in [6.07, 6.45) is 2.35. The van der Waals surface area contributed by atoms with E-state index in [9.17, 15) is 18.4 Å². The number of fused-ring (bicyclic) bond motifs is 1. The van der Waals surface area contributed by atoms with Gasteiger partial charge in [-0.15, -0.1) is 4.73 Å². The third kappa shape index (κ3) is 3.75. The highest BCUT2D eigenvalue weighted by Gasteiger charge is 2.12. The van der Waals surface area contributed by atoms with Gasteiger partial charge >= 0.3 is 0 Å². The summed E-state index contributed by atoms with van der Waals surface area (Å²) in [5.41, 5.74) is 1.82. The number of nitrogens with one attached hydrogen (secondary N) is 2. The van der Waals surface area contributed by atoms with Crippen molar-refractivity contribution in [2.45, 2.75) is 13.5 Å². The first-order valence-corrected chi connectivity index (χ1v) is 9.51. The van der Waals surface area contributed by atoms with Gasteiger partial charge in [0.1, 0.15) is 6.33 Å². The highest BCUT2D eigenvalue weighted by Crippen LogP contribution is 2.22. The zero-order valence-electron chi connectivity index (χ0n) is 14.1. The lowest BCUT2D eigenvalue weighted by molar-refractivity contribution is 0.186. The number of nitrogens with zero attached hydrogens (tertiary/aromatic N) is 3. The van der Waals surface area contributed by atoms with Gasteiger partial charge in [0, 0.05) is 18.3 Å². The van der Waals surface area contributed by atoms with Crippen molar-refractivity contribution >= 4 is 32.4 Å². The first-order chi connectivity index (χ1) is 12.2. The number of sulfonamides is 1. The molecule has 2 heterocycles. The molecule has 3 N–H and O–H groups in total. The van der Waals surface area contributed by atoms with Crippen LogP contribution in [0.1, 0.15) is 11.3 Å². The smallest absolute Gasteiger partial charge is 0.286 e. The molecular weight excluding hydrogens is 358 g/mol. The van der Waals surface area contributed by atoms with Crippen LogP contribution in [0.4, 0.5) is 11.4 Å². The molecule has 3 rings (SSSR count). The van der Waals surface area contributed by atoms with Crippen LogP contribution in [0, 0.1) is 6.92 Å². The Hall–Kier alpha value is -3.14. The molecule has 0 aliphatic rings. The molecule has 0 bridgehead atoms. The second kappa shape index (κ2) is 6.64. The number of benzene rings is 1. The minimum atomic E-state index is -3.36. The fraction of sp³-hybridized carbons (Fsp3) is 0.188. The molecule has 26 heavy (non-hydrogen) atoms. The molecule has 0 aliphatic carbocycles. The average molecular weight is 375 g/mol. The van der Waals surface area contributed by atoms with Crippen LogP contribution < -0.4 is 15.6 Å². The summed E-state index contributed by atoms with van der Waals surface area (Å²) >= 11 is 0. The SMILES string of the molecule is Cc1ncnc2c1c(NCc1cccc(NS(C)(=O)=O)c1)cc(=O)n2O. The van der Waals surface area contributed by atoms with E-state index >= 15 is 0 Å². The molecular formula is C16H17N5O4S. The Morgan fingerprint density at radius 1 is 1.23 bits per heavy atom. The molecule has 0 atom stereocenters. The topological polar surface area (TPSA) is 126 Å². The Balaban J connectivity index is 1.93. The highest BCUT2D eigenvalue weighted by molar-refractivity contribution is 7.92. The van der Waals surface area contributed by atoms with Crippen molar-refractivity contribution in [1.82, 2.24) is 14.7 Å². The maximum Gasteiger partial charge on any atom is 0.286 e. The van der Waals surface area contributed by atoms with Gasteiger partial charge in [-0.25, -0.2) is 18.4 Å². The van der Waals surface area contributed by atoms with Gasteiger partial charge < -0.3 is 10.5 Å². The Morgan fingerprint density at radius 2 is 2.00 bits per heavy atom. The monoisotopic (exact) mass is 375 g/mol. The quantitative estimate of drug-likeness (QED) is 0.574. The number of aryl methyl sites for hydroxylation is 1. The number of hydrogen-bond donors (Lipinski definition) is 3. The van der Waals surface area contributed by atoms with Crippen molar-refractivity contribution in [2.24, 2.45) is 0 Å². The molecule has 0 fully saturated rings. The van der Waals surface area contributed by atoms with Gasteiger partial charge in [0.2, 0.25) is 10.0 Å². The van der Waals surface area contributed by atoms with Gasteiger partial charge in [0.05, 0.1) is 23.0 Å². The molecule has 3 aromatic rings. The number of aromatic nitrogens is 3. The molecule has 2 aromatic heterocycles. The second-order valence-electron chi connectivity index (χ2n) is 5.79. The molecule has 0 radical (unpaired) electrons. The van der Waals surface area contributed by atoms with Crippen LogP contribution in [0.15, 0.2) is 41.5 Å². The number of hydrogen-bond acceptors (Lipinski definition) is 7. The summed E-state index contributed by atoms with van der Waals surface area (Å²) in [6.45, 7) is 2.08. The fourth-order valence-electron chi connectivity index (χ4n) is 2.59. The molecule has 0 aliphatic heterocycles. The molecule has 0 amide bonds. The van der Waals surface area contributed by atoms with E-state index in [0.29, 0.717) is 33.7 Å². The van der Waals surface area contributed by atoms with Crippen molar-refractivity contribution < 1.29 is 13.6 Å². The van der Waals surface area contributed by atoms with E-state index in [0.717, 1.165) is 11.8 Å². The predicted molar refractivity (Wildman–Crippen MR) is 98.0 cm³/mol. The van der Waals surface area contributed by atoms with Crippen LogP contribution in [0.25, 0.3) is 11.0 Å². The van der Waals surface area contributed by atoms with Crippen molar-refractivity contribution in [1.29, 1.82) is 0 Å².